The highest BCUT2D eigenvalue weighted by Gasteiger charge is 2.13. The average molecular weight is 269 g/mol. The van der Waals surface area contributed by atoms with Gasteiger partial charge in [-0.1, -0.05) is 30.4 Å². The maximum atomic E-state index is 5.74. The smallest absolute Gasteiger partial charge is 0.182 e. The van der Waals surface area contributed by atoms with Crippen LogP contribution in [0.25, 0.3) is 5.69 Å². The third kappa shape index (κ3) is 2.39. The van der Waals surface area contributed by atoms with Gasteiger partial charge in [-0.05, 0) is 36.8 Å². The first-order valence-corrected chi connectivity index (χ1v) is 6.66. The summed E-state index contributed by atoms with van der Waals surface area (Å²) in [5.74, 6) is 0.318. The zero-order valence-electron chi connectivity index (χ0n) is 10.4. The Morgan fingerprint density at radius 2 is 2.05 bits per heavy atom. The minimum absolute atomic E-state index is 0.318. The van der Waals surface area contributed by atoms with Crippen molar-refractivity contribution in [3.63, 3.8) is 0 Å². The summed E-state index contributed by atoms with van der Waals surface area (Å²) in [6.45, 7) is 0. The van der Waals surface area contributed by atoms with E-state index in [9.17, 15) is 0 Å². The second kappa shape index (κ2) is 4.90. The van der Waals surface area contributed by atoms with Crippen molar-refractivity contribution in [2.24, 2.45) is 5.73 Å². The normalized spacial score (nSPS) is 18.3. The van der Waals surface area contributed by atoms with E-state index in [1.54, 1.807) is 0 Å². The highest BCUT2D eigenvalue weighted by atomic mass is 32.1. The number of nitrogens with zero attached hydrogens (tertiary/aromatic N) is 1. The summed E-state index contributed by atoms with van der Waals surface area (Å²) in [4.78, 5) is 3.28. The monoisotopic (exact) mass is 269 g/mol. The van der Waals surface area contributed by atoms with Crippen molar-refractivity contribution < 1.29 is 0 Å². The summed E-state index contributed by atoms with van der Waals surface area (Å²) in [6.07, 6.45) is 9.09. The van der Waals surface area contributed by atoms with E-state index in [2.05, 4.69) is 17.3 Å². The van der Waals surface area contributed by atoms with Gasteiger partial charge in [0.1, 0.15) is 0 Å². The third-order valence-corrected chi connectivity index (χ3v) is 3.60. The number of aromatic amines is 1. The molecule has 3 rings (SSSR count). The average Bonchev–Trinajstić information content (AvgIpc) is 2.83. The maximum Gasteiger partial charge on any atom is 0.182 e. The Kier molecular flexibility index (Phi) is 3.09. The summed E-state index contributed by atoms with van der Waals surface area (Å²) in [5.41, 5.74) is 8.76. The van der Waals surface area contributed by atoms with Crippen LogP contribution in [0.15, 0.2) is 60.5 Å². The predicted molar refractivity (Wildman–Crippen MR) is 79.7 cm³/mol. The van der Waals surface area contributed by atoms with Crippen molar-refractivity contribution in [2.75, 3.05) is 0 Å². The van der Waals surface area contributed by atoms with Gasteiger partial charge in [0.05, 0.1) is 0 Å². The first-order valence-electron chi connectivity index (χ1n) is 6.25. The quantitative estimate of drug-likeness (QED) is 0.821. The lowest BCUT2D eigenvalue weighted by Crippen LogP contribution is -2.03. The topological polar surface area (TPSA) is 46.7 Å². The molecule has 19 heavy (non-hydrogen) atoms. The van der Waals surface area contributed by atoms with Crippen molar-refractivity contribution in [2.45, 2.75) is 12.3 Å². The summed E-state index contributed by atoms with van der Waals surface area (Å²) >= 11 is 5.39. The van der Waals surface area contributed by atoms with E-state index in [0.717, 1.165) is 28.3 Å². The van der Waals surface area contributed by atoms with Gasteiger partial charge in [-0.3, -0.25) is 4.57 Å². The van der Waals surface area contributed by atoms with E-state index in [4.69, 9.17) is 18.0 Å². The van der Waals surface area contributed by atoms with Crippen LogP contribution in [0.4, 0.5) is 0 Å². The Bertz CT molecular complexity index is 692. The third-order valence-electron chi connectivity index (χ3n) is 3.30. The fraction of sp³-hybridized carbons (Fsp3) is 0.133. The molecule has 0 amide bonds. The van der Waals surface area contributed by atoms with E-state index in [1.165, 1.54) is 0 Å². The van der Waals surface area contributed by atoms with Crippen LogP contribution in [0.2, 0.25) is 0 Å². The van der Waals surface area contributed by atoms with Gasteiger partial charge in [-0.15, -0.1) is 0 Å². The van der Waals surface area contributed by atoms with Crippen LogP contribution in [0.1, 0.15) is 18.0 Å². The molecule has 0 aliphatic heterocycles. The molecule has 1 aliphatic carbocycles. The van der Waals surface area contributed by atoms with Gasteiger partial charge >= 0.3 is 0 Å². The molecule has 1 aromatic carbocycles. The number of imidazole rings is 1. The summed E-state index contributed by atoms with van der Waals surface area (Å²) in [6, 6.07) is 10.1. The minimum Gasteiger partial charge on any atom is -0.399 e. The van der Waals surface area contributed by atoms with Gasteiger partial charge in [0.2, 0.25) is 0 Å². The molecule has 3 nitrogen and oxygen atoms in total. The molecule has 4 heteroatoms. The fourth-order valence-electron chi connectivity index (χ4n) is 2.25. The second-order valence-electron chi connectivity index (χ2n) is 4.63. The van der Waals surface area contributed by atoms with Crippen LogP contribution in [-0.2, 0) is 0 Å². The number of nitrogens with one attached hydrogen (secondary N) is 1. The zero-order chi connectivity index (χ0) is 13.2. The highest BCUT2D eigenvalue weighted by Crippen LogP contribution is 2.25. The largest absolute Gasteiger partial charge is 0.399 e. The number of para-hydroxylation sites is 1. The van der Waals surface area contributed by atoms with Crippen LogP contribution in [0.5, 0.6) is 0 Å². The van der Waals surface area contributed by atoms with E-state index < -0.39 is 0 Å². The van der Waals surface area contributed by atoms with E-state index >= 15 is 0 Å². The molecule has 2 aromatic rings. The van der Waals surface area contributed by atoms with Gasteiger partial charge < -0.3 is 10.7 Å². The van der Waals surface area contributed by atoms with Crippen LogP contribution in [0, 0.1) is 4.77 Å². The molecule has 1 heterocycles. The van der Waals surface area contributed by atoms with Crippen molar-refractivity contribution in [3.05, 3.63) is 70.9 Å². The van der Waals surface area contributed by atoms with E-state index in [1.807, 2.05) is 47.1 Å². The number of rotatable bonds is 2. The lowest BCUT2D eigenvalue weighted by atomic mass is 9.97. The Balaban J connectivity index is 1.95. The number of H-pyrrole nitrogens is 1. The van der Waals surface area contributed by atoms with Crippen molar-refractivity contribution in [3.8, 4) is 5.69 Å². The molecule has 3 N–H and O–H groups in total. The Hall–Kier alpha value is -2.07. The molecule has 0 radical (unpaired) electrons. The SMILES string of the molecule is NC1=CCC(c2cn(-c3ccccc3)c(=S)[nH]2)C=C1. The van der Waals surface area contributed by atoms with Crippen LogP contribution < -0.4 is 5.73 Å². The second-order valence-corrected chi connectivity index (χ2v) is 5.01. The molecule has 1 aliphatic rings. The number of aromatic nitrogens is 2. The summed E-state index contributed by atoms with van der Waals surface area (Å²) in [7, 11) is 0. The van der Waals surface area contributed by atoms with Crippen LogP contribution >= 0.6 is 12.2 Å². The maximum absolute atomic E-state index is 5.74. The number of hydrogen-bond acceptors (Lipinski definition) is 2. The summed E-state index contributed by atoms with van der Waals surface area (Å²) in [5, 5.41) is 0. The van der Waals surface area contributed by atoms with Crippen LogP contribution in [-0.4, -0.2) is 9.55 Å². The molecule has 0 fully saturated rings. The molecule has 96 valence electrons. The molecule has 0 bridgehead atoms. The molecule has 0 saturated carbocycles. The van der Waals surface area contributed by atoms with Crippen molar-refractivity contribution >= 4 is 12.2 Å². The predicted octanol–water partition coefficient (Wildman–Crippen LogP) is 3.42. The van der Waals surface area contributed by atoms with Crippen LogP contribution in [0.3, 0.4) is 0 Å². The van der Waals surface area contributed by atoms with Crippen molar-refractivity contribution in [1.29, 1.82) is 0 Å². The number of hydrogen-bond donors (Lipinski definition) is 2. The van der Waals surface area contributed by atoms with Gasteiger partial charge in [-0.25, -0.2) is 0 Å². The molecular formula is C15H15N3S. The van der Waals surface area contributed by atoms with Gasteiger partial charge in [-0.2, -0.15) is 0 Å². The lowest BCUT2D eigenvalue weighted by Gasteiger charge is -2.12. The molecule has 1 atom stereocenters. The first kappa shape index (κ1) is 12.0. The zero-order valence-corrected chi connectivity index (χ0v) is 11.2. The Morgan fingerprint density at radius 1 is 1.26 bits per heavy atom. The van der Waals surface area contributed by atoms with Gasteiger partial charge in [0, 0.05) is 29.2 Å². The van der Waals surface area contributed by atoms with Gasteiger partial charge in [0.15, 0.2) is 4.77 Å². The number of allylic oxidation sites excluding steroid dienone is 3. The molecule has 0 spiro atoms. The van der Waals surface area contributed by atoms with E-state index in [0.29, 0.717) is 5.92 Å². The van der Waals surface area contributed by atoms with E-state index in [-0.39, 0.29) is 0 Å². The molecular weight excluding hydrogens is 254 g/mol. The number of nitrogens with two attached hydrogens (primary N) is 1. The Morgan fingerprint density at radius 3 is 2.74 bits per heavy atom. The fourth-order valence-corrected chi connectivity index (χ4v) is 2.53. The molecule has 0 saturated heterocycles. The van der Waals surface area contributed by atoms with Gasteiger partial charge in [0.25, 0.3) is 0 Å². The minimum atomic E-state index is 0.318. The summed E-state index contributed by atoms with van der Waals surface area (Å²) < 4.78 is 2.72. The standard InChI is InChI=1S/C15H15N3S/c16-12-8-6-11(7-9-12)14-10-18(15(19)17-14)13-4-2-1-3-5-13/h1-6,8-11H,7,16H2,(H,17,19). The lowest BCUT2D eigenvalue weighted by molar-refractivity contribution is 0.813. The highest BCUT2D eigenvalue weighted by molar-refractivity contribution is 7.71. The first-order chi connectivity index (χ1) is 9.24. The number of benzene rings is 1. The van der Waals surface area contributed by atoms with Crippen molar-refractivity contribution in [1.82, 2.24) is 9.55 Å². The molecule has 1 aromatic heterocycles. The molecule has 1 unspecified atom stereocenters. The Labute approximate surface area is 117 Å².